The first-order valence-corrected chi connectivity index (χ1v) is 16.1. The first-order chi connectivity index (χ1) is 21.6. The second kappa shape index (κ2) is 14.5. The van der Waals surface area contributed by atoms with Crippen LogP contribution in [0, 0.1) is 20.8 Å². The van der Waals surface area contributed by atoms with E-state index in [1.165, 1.54) is 0 Å². The molecule has 2 amide bonds. The Bertz CT molecular complexity index is 1600. The normalized spacial score (nSPS) is 16.7. The molecule has 0 spiro atoms. The quantitative estimate of drug-likeness (QED) is 0.281. The number of nitrogens with zero attached hydrogens (tertiary/aromatic N) is 3. The van der Waals surface area contributed by atoms with Crippen molar-refractivity contribution in [3.05, 3.63) is 80.5 Å². The highest BCUT2D eigenvalue weighted by molar-refractivity contribution is 5.99. The Kier molecular flexibility index (Phi) is 10.9. The number of nitrogens with one attached hydrogen (secondary N) is 3. The molecule has 3 aromatic rings. The summed E-state index contributed by atoms with van der Waals surface area (Å²) in [6.07, 6.45) is 4.93. The molecular weight excluding hydrogens is 580 g/mol. The van der Waals surface area contributed by atoms with Crippen LogP contribution in [0.15, 0.2) is 41.3 Å². The Balaban J connectivity index is 1.60. The third kappa shape index (κ3) is 8.96. The summed E-state index contributed by atoms with van der Waals surface area (Å²) in [7, 11) is 6.10. The number of carbonyl (C=O) groups is 2. The smallest absolute Gasteiger partial charge is 0.407 e. The first kappa shape index (κ1) is 34.7. The number of ether oxygens (including phenoxy) is 1. The van der Waals surface area contributed by atoms with E-state index in [9.17, 15) is 14.4 Å². The molecule has 3 N–H and O–H groups in total. The minimum atomic E-state index is -0.537. The molecule has 2 heterocycles. The predicted molar refractivity (Wildman–Crippen MR) is 183 cm³/mol. The fraction of sp³-hybridized carbons (Fsp3) is 0.500. The minimum absolute atomic E-state index is 0.0633. The van der Waals surface area contributed by atoms with Crippen LogP contribution >= 0.6 is 0 Å². The molecule has 1 aliphatic carbocycles. The van der Waals surface area contributed by atoms with E-state index >= 15 is 0 Å². The van der Waals surface area contributed by atoms with Gasteiger partial charge in [0.2, 0.25) is 0 Å². The number of H-pyrrole nitrogens is 1. The number of aromatic nitrogens is 2. The highest BCUT2D eigenvalue weighted by Gasteiger charge is 2.28. The predicted octanol–water partition coefficient (Wildman–Crippen LogP) is 5.63. The zero-order valence-electron chi connectivity index (χ0n) is 28.8. The molecule has 0 saturated heterocycles. The molecule has 0 unspecified atom stereocenters. The lowest BCUT2D eigenvalue weighted by Crippen LogP contribution is -2.44. The second-order valence-corrected chi connectivity index (χ2v) is 13.8. The van der Waals surface area contributed by atoms with E-state index < -0.39 is 5.60 Å². The van der Waals surface area contributed by atoms with Gasteiger partial charge in [0.15, 0.2) is 0 Å². The van der Waals surface area contributed by atoms with Crippen LogP contribution in [0.4, 0.5) is 10.5 Å². The fourth-order valence-electron chi connectivity index (χ4n) is 6.12. The third-order valence-corrected chi connectivity index (χ3v) is 8.53. The highest BCUT2D eigenvalue weighted by Crippen LogP contribution is 2.34. The molecule has 10 heteroatoms. The molecule has 1 aliphatic rings. The van der Waals surface area contributed by atoms with Gasteiger partial charge in [0.05, 0.1) is 5.69 Å². The van der Waals surface area contributed by atoms with Gasteiger partial charge in [-0.25, -0.2) is 4.79 Å². The van der Waals surface area contributed by atoms with Gasteiger partial charge in [-0.15, -0.1) is 0 Å². The van der Waals surface area contributed by atoms with Crippen molar-refractivity contribution >= 4 is 17.7 Å². The lowest BCUT2D eigenvalue weighted by molar-refractivity contribution is 0.0491. The number of pyridine rings is 2. The van der Waals surface area contributed by atoms with Crippen LogP contribution in [-0.2, 0) is 17.8 Å². The standard InChI is InChI=1S/C36H50N6O4/c1-22-16-23(2)39-34(44)31(22)20-38-33(43)30-17-26(25-10-11-28(37-19-25)21-41(7)8)18-32(24(30)3)42(9)29-14-12-27(13-15-29)40-35(45)46-36(4,5)6/h10-11,16-19,27,29H,12-15,20-21H2,1-9H3,(H,38,43)(H,39,44)(H,40,45). The minimum Gasteiger partial charge on any atom is -0.444 e. The average Bonchev–Trinajstić information content (AvgIpc) is 2.96. The summed E-state index contributed by atoms with van der Waals surface area (Å²) in [4.78, 5) is 50.6. The number of benzene rings is 1. The third-order valence-electron chi connectivity index (χ3n) is 8.53. The Hall–Kier alpha value is -4.18. The van der Waals surface area contributed by atoms with E-state index in [1.807, 2.05) is 86.1 Å². The summed E-state index contributed by atoms with van der Waals surface area (Å²) in [5.41, 5.74) is 6.61. The average molecular weight is 631 g/mol. The van der Waals surface area contributed by atoms with Gasteiger partial charge < -0.3 is 30.2 Å². The Labute approximate surface area is 272 Å². The van der Waals surface area contributed by atoms with Crippen LogP contribution in [0.3, 0.4) is 0 Å². The van der Waals surface area contributed by atoms with Gasteiger partial charge in [-0.2, -0.15) is 0 Å². The van der Waals surface area contributed by atoms with Crippen molar-refractivity contribution in [3.63, 3.8) is 0 Å². The molecular formula is C36H50N6O4. The largest absolute Gasteiger partial charge is 0.444 e. The number of hydrogen-bond acceptors (Lipinski definition) is 7. The highest BCUT2D eigenvalue weighted by atomic mass is 16.6. The van der Waals surface area contributed by atoms with Crippen LogP contribution in [0.25, 0.3) is 11.1 Å². The van der Waals surface area contributed by atoms with Gasteiger partial charge in [0, 0.05) is 66.5 Å². The van der Waals surface area contributed by atoms with Gasteiger partial charge in [-0.05, 0) is 122 Å². The van der Waals surface area contributed by atoms with Crippen molar-refractivity contribution in [1.82, 2.24) is 25.5 Å². The molecule has 0 bridgehead atoms. The SMILES string of the molecule is Cc1cc(C)c(CNC(=O)c2cc(-c3ccc(CN(C)C)nc3)cc(N(C)C3CCC(NC(=O)OC(C)(C)C)CC3)c2C)c(=O)[nH]1. The summed E-state index contributed by atoms with van der Waals surface area (Å²) in [5.74, 6) is -0.240. The van der Waals surface area contributed by atoms with E-state index in [-0.39, 0.29) is 36.2 Å². The molecule has 4 rings (SSSR count). The van der Waals surface area contributed by atoms with Crippen molar-refractivity contribution in [3.8, 4) is 11.1 Å². The molecule has 0 radical (unpaired) electrons. The zero-order valence-corrected chi connectivity index (χ0v) is 28.8. The zero-order chi connectivity index (χ0) is 33.8. The molecule has 1 saturated carbocycles. The summed E-state index contributed by atoms with van der Waals surface area (Å²) >= 11 is 0. The number of aryl methyl sites for hydroxylation is 2. The second-order valence-electron chi connectivity index (χ2n) is 13.8. The molecule has 10 nitrogen and oxygen atoms in total. The van der Waals surface area contributed by atoms with Gasteiger partial charge in [0.1, 0.15) is 5.60 Å². The van der Waals surface area contributed by atoms with Crippen molar-refractivity contribution < 1.29 is 14.3 Å². The van der Waals surface area contributed by atoms with Crippen molar-refractivity contribution in [2.45, 2.75) is 98.0 Å². The molecule has 2 aromatic heterocycles. The van der Waals surface area contributed by atoms with E-state index in [4.69, 9.17) is 4.74 Å². The van der Waals surface area contributed by atoms with Crippen LogP contribution < -0.4 is 21.1 Å². The summed E-state index contributed by atoms with van der Waals surface area (Å²) in [6, 6.07) is 10.3. The Morgan fingerprint density at radius 2 is 1.70 bits per heavy atom. The molecule has 1 aromatic carbocycles. The summed E-state index contributed by atoms with van der Waals surface area (Å²) in [5, 5.41) is 6.03. The molecule has 0 aliphatic heterocycles. The maximum Gasteiger partial charge on any atom is 0.407 e. The summed E-state index contributed by atoms with van der Waals surface area (Å²) < 4.78 is 5.46. The number of anilines is 1. The van der Waals surface area contributed by atoms with Gasteiger partial charge in [-0.1, -0.05) is 6.07 Å². The number of alkyl carbamates (subject to hydrolysis) is 1. The number of hydrogen-bond donors (Lipinski definition) is 3. The van der Waals surface area contributed by atoms with Gasteiger partial charge >= 0.3 is 6.09 Å². The Morgan fingerprint density at radius 3 is 2.28 bits per heavy atom. The topological polar surface area (TPSA) is 120 Å². The summed E-state index contributed by atoms with van der Waals surface area (Å²) in [6.45, 7) is 12.2. The molecule has 1 fully saturated rings. The van der Waals surface area contributed by atoms with E-state index in [0.29, 0.717) is 11.1 Å². The van der Waals surface area contributed by atoms with E-state index in [0.717, 1.165) is 71.6 Å². The number of carbonyl (C=O) groups excluding carboxylic acids is 2. The van der Waals surface area contributed by atoms with Crippen molar-refractivity contribution in [2.24, 2.45) is 0 Å². The first-order valence-electron chi connectivity index (χ1n) is 16.1. The molecule has 46 heavy (non-hydrogen) atoms. The van der Waals surface area contributed by atoms with Gasteiger partial charge in [0.25, 0.3) is 11.5 Å². The maximum atomic E-state index is 13.8. The van der Waals surface area contributed by atoms with E-state index in [2.05, 4.69) is 43.5 Å². The number of amides is 2. The molecule has 248 valence electrons. The number of aromatic amines is 1. The van der Waals surface area contributed by atoms with E-state index in [1.54, 1.807) is 0 Å². The lowest BCUT2D eigenvalue weighted by atomic mass is 9.89. The van der Waals surface area contributed by atoms with Crippen molar-refractivity contribution in [2.75, 3.05) is 26.0 Å². The van der Waals surface area contributed by atoms with Crippen LogP contribution in [0.5, 0.6) is 0 Å². The van der Waals surface area contributed by atoms with Gasteiger partial charge in [-0.3, -0.25) is 14.6 Å². The molecule has 0 atom stereocenters. The van der Waals surface area contributed by atoms with Crippen molar-refractivity contribution in [1.29, 1.82) is 0 Å². The fourth-order valence-corrected chi connectivity index (χ4v) is 6.12. The van der Waals surface area contributed by atoms with Crippen LogP contribution in [0.2, 0.25) is 0 Å². The number of rotatable bonds is 9. The lowest BCUT2D eigenvalue weighted by Gasteiger charge is -2.37. The Morgan fingerprint density at radius 1 is 1.00 bits per heavy atom. The maximum absolute atomic E-state index is 13.8. The van der Waals surface area contributed by atoms with Crippen LogP contribution in [0.1, 0.15) is 84.9 Å². The monoisotopic (exact) mass is 630 g/mol. The van der Waals surface area contributed by atoms with Crippen LogP contribution in [-0.4, -0.2) is 65.7 Å².